The van der Waals surface area contributed by atoms with Crippen molar-refractivity contribution in [3.63, 3.8) is 0 Å². The van der Waals surface area contributed by atoms with Crippen molar-refractivity contribution in [2.24, 2.45) is 34.5 Å². The molecule has 0 amide bonds. The first-order valence-corrected chi connectivity index (χ1v) is 11.3. The van der Waals surface area contributed by atoms with E-state index >= 15 is 0 Å². The number of aliphatic hydroxyl groups excluding tert-OH is 1. The molecule has 1 aliphatic heterocycles. The van der Waals surface area contributed by atoms with Crippen LogP contribution in [0.2, 0.25) is 0 Å². The Morgan fingerprint density at radius 3 is 2.87 bits per heavy atom. The van der Waals surface area contributed by atoms with Gasteiger partial charge in [-0.3, -0.25) is 19.2 Å². The van der Waals surface area contributed by atoms with Crippen LogP contribution in [0.5, 0.6) is 0 Å². The van der Waals surface area contributed by atoms with Crippen molar-refractivity contribution in [1.29, 1.82) is 0 Å². The zero-order valence-corrected chi connectivity index (χ0v) is 18.3. The highest BCUT2D eigenvalue weighted by Gasteiger charge is 2.74. The smallest absolute Gasteiger partial charge is 0.303 e. The van der Waals surface area contributed by atoms with Gasteiger partial charge in [-0.05, 0) is 49.7 Å². The van der Waals surface area contributed by atoms with Crippen molar-refractivity contribution in [3.8, 4) is 0 Å². The third kappa shape index (κ3) is 2.66. The molecule has 0 bridgehead atoms. The number of ether oxygens (including phenoxy) is 1. The van der Waals surface area contributed by atoms with Crippen molar-refractivity contribution in [2.75, 3.05) is 13.2 Å². The first kappa shape index (κ1) is 21.0. The molecule has 3 saturated carbocycles. The maximum absolute atomic E-state index is 13.4. The highest BCUT2D eigenvalue weighted by Crippen LogP contribution is 2.69. The van der Waals surface area contributed by atoms with Gasteiger partial charge in [0.15, 0.2) is 18.0 Å². The van der Waals surface area contributed by atoms with Gasteiger partial charge in [0.2, 0.25) is 5.78 Å². The summed E-state index contributed by atoms with van der Waals surface area (Å²) in [6, 6.07) is 0. The van der Waals surface area contributed by atoms with Crippen molar-refractivity contribution in [3.05, 3.63) is 23.8 Å². The second kappa shape index (κ2) is 6.83. The summed E-state index contributed by atoms with van der Waals surface area (Å²) in [5.74, 6) is -0.286. The summed E-state index contributed by atoms with van der Waals surface area (Å²) >= 11 is 0. The van der Waals surface area contributed by atoms with Crippen LogP contribution in [0.4, 0.5) is 0 Å². The molecular weight excluding hydrogens is 398 g/mol. The lowest BCUT2D eigenvalue weighted by atomic mass is 9.46. The second-order valence-electron chi connectivity index (χ2n) is 10.5. The molecule has 7 nitrogen and oxygen atoms in total. The quantitative estimate of drug-likeness (QED) is 0.661. The molecule has 5 rings (SSSR count). The zero-order chi connectivity index (χ0) is 22.2. The van der Waals surface area contributed by atoms with E-state index in [1.165, 1.54) is 6.92 Å². The highest BCUT2D eigenvalue weighted by molar-refractivity contribution is 6.01. The fraction of sp³-hybridized carbons (Fsp3) is 0.708. The van der Waals surface area contributed by atoms with Crippen LogP contribution in [0.1, 0.15) is 46.5 Å². The summed E-state index contributed by atoms with van der Waals surface area (Å²) in [4.78, 5) is 42.8. The monoisotopic (exact) mass is 429 g/mol. The van der Waals surface area contributed by atoms with E-state index in [0.717, 1.165) is 24.8 Å². The molecule has 0 aromatic heterocycles. The van der Waals surface area contributed by atoms with E-state index in [9.17, 15) is 19.5 Å². The molecule has 31 heavy (non-hydrogen) atoms. The molecule has 8 unspecified atom stereocenters. The minimum atomic E-state index is -1.10. The van der Waals surface area contributed by atoms with Crippen LogP contribution in [0, 0.1) is 34.5 Å². The molecule has 7 heteroatoms. The Balaban J connectivity index is 1.53. The average molecular weight is 430 g/mol. The molecule has 1 heterocycles. The summed E-state index contributed by atoms with van der Waals surface area (Å²) in [5.41, 5.74) is 2.04. The zero-order valence-electron chi connectivity index (χ0n) is 18.3. The summed E-state index contributed by atoms with van der Waals surface area (Å²) in [7, 11) is 0. The first-order valence-electron chi connectivity index (χ1n) is 11.3. The van der Waals surface area contributed by atoms with Gasteiger partial charge in [0, 0.05) is 36.1 Å². The number of fused-ring (bicyclic) bond motifs is 7. The van der Waals surface area contributed by atoms with Gasteiger partial charge in [0.05, 0.1) is 6.10 Å². The van der Waals surface area contributed by atoms with Gasteiger partial charge < -0.3 is 9.84 Å². The molecule has 168 valence electrons. The van der Waals surface area contributed by atoms with Crippen LogP contribution in [-0.4, -0.2) is 47.5 Å². The van der Waals surface area contributed by atoms with Gasteiger partial charge in [-0.2, -0.15) is 0 Å². The maximum atomic E-state index is 13.4. The number of rotatable bonds is 3. The third-order valence-electron chi connectivity index (χ3n) is 9.23. The number of hydroxylamine groups is 1. The molecule has 1 saturated heterocycles. The SMILES string of the molecule is CC(=O)OCC(=O)C12ONCC1CC1C3CCC4=CC(=O)C=CC4(C)C3C(O)CC12C. The fourth-order valence-corrected chi connectivity index (χ4v) is 8.03. The lowest BCUT2D eigenvalue weighted by Crippen LogP contribution is -2.63. The normalized spacial score (nSPS) is 47.7. The molecule has 4 fully saturated rings. The Bertz CT molecular complexity index is 910. The standard InChI is InChI=1S/C24H31NO6/c1-13(26)30-12-20(29)24-15(11-25-31-24)9-18-17-5-4-14-8-16(27)6-7-22(14,2)21(17)19(28)10-23(18,24)3/h6-8,15,17-19,21,25,28H,4-5,9-12H2,1-3H3. The van der Waals surface area contributed by atoms with Crippen molar-refractivity contribution >= 4 is 17.5 Å². The molecular formula is C24H31NO6. The number of allylic oxidation sites excluding steroid dienone is 4. The number of ketones is 2. The van der Waals surface area contributed by atoms with E-state index in [2.05, 4.69) is 19.3 Å². The fourth-order valence-electron chi connectivity index (χ4n) is 8.03. The number of Topliss-reactive ketones (excluding diaryl/α,β-unsaturated/α-hetero) is 1. The van der Waals surface area contributed by atoms with Crippen LogP contribution in [0.15, 0.2) is 23.8 Å². The van der Waals surface area contributed by atoms with Gasteiger partial charge >= 0.3 is 5.97 Å². The molecule has 8 atom stereocenters. The van der Waals surface area contributed by atoms with Gasteiger partial charge in [-0.25, -0.2) is 5.48 Å². The molecule has 0 aromatic carbocycles. The number of hydrogen-bond acceptors (Lipinski definition) is 7. The number of carbonyl (C=O) groups is 3. The summed E-state index contributed by atoms with van der Waals surface area (Å²) < 4.78 is 5.07. The predicted octanol–water partition coefficient (Wildman–Crippen LogP) is 1.90. The molecule has 0 spiro atoms. The van der Waals surface area contributed by atoms with Crippen LogP contribution in [-0.2, 0) is 24.0 Å². The number of aliphatic hydroxyl groups is 1. The Morgan fingerprint density at radius 2 is 2.13 bits per heavy atom. The van der Waals surface area contributed by atoms with Crippen molar-refractivity contribution in [1.82, 2.24) is 5.48 Å². The predicted molar refractivity (Wildman–Crippen MR) is 110 cm³/mol. The van der Waals surface area contributed by atoms with E-state index in [1.54, 1.807) is 12.2 Å². The third-order valence-corrected chi connectivity index (χ3v) is 9.23. The summed E-state index contributed by atoms with van der Waals surface area (Å²) in [5, 5.41) is 11.5. The number of esters is 1. The van der Waals surface area contributed by atoms with Gasteiger partial charge in [0.1, 0.15) is 0 Å². The van der Waals surface area contributed by atoms with Crippen molar-refractivity contribution in [2.45, 2.75) is 58.2 Å². The second-order valence-corrected chi connectivity index (χ2v) is 10.5. The van der Waals surface area contributed by atoms with E-state index in [0.29, 0.717) is 13.0 Å². The summed E-state index contributed by atoms with van der Waals surface area (Å²) in [6.07, 6.45) is 7.73. The molecule has 0 radical (unpaired) electrons. The van der Waals surface area contributed by atoms with Gasteiger partial charge in [-0.1, -0.05) is 25.5 Å². The van der Waals surface area contributed by atoms with Gasteiger partial charge in [-0.15, -0.1) is 0 Å². The van der Waals surface area contributed by atoms with Crippen LogP contribution in [0.25, 0.3) is 0 Å². The molecule has 4 aliphatic carbocycles. The van der Waals surface area contributed by atoms with Gasteiger partial charge in [0.25, 0.3) is 0 Å². The highest BCUT2D eigenvalue weighted by atomic mass is 16.7. The van der Waals surface area contributed by atoms with E-state index < -0.39 is 23.1 Å². The topological polar surface area (TPSA) is 102 Å². The molecule has 2 N–H and O–H groups in total. The number of carbonyl (C=O) groups excluding carboxylic acids is 3. The Kier molecular flexibility index (Phi) is 4.64. The minimum Gasteiger partial charge on any atom is -0.458 e. The van der Waals surface area contributed by atoms with E-state index in [1.807, 2.05) is 6.08 Å². The summed E-state index contributed by atoms with van der Waals surface area (Å²) in [6.45, 7) is 5.77. The molecule has 0 aromatic rings. The van der Waals surface area contributed by atoms with Crippen LogP contribution < -0.4 is 5.48 Å². The Hall–Kier alpha value is -1.83. The number of nitrogens with one attached hydrogen (secondary N) is 1. The maximum Gasteiger partial charge on any atom is 0.303 e. The van der Waals surface area contributed by atoms with Crippen molar-refractivity contribution < 1.29 is 29.1 Å². The number of hydrogen-bond donors (Lipinski definition) is 2. The minimum absolute atomic E-state index is 0.00216. The Morgan fingerprint density at radius 1 is 1.35 bits per heavy atom. The average Bonchev–Trinajstić information content (AvgIpc) is 3.23. The first-order chi connectivity index (χ1) is 14.6. The van der Waals surface area contributed by atoms with E-state index in [4.69, 9.17) is 9.57 Å². The van der Waals surface area contributed by atoms with E-state index in [-0.39, 0.29) is 47.3 Å². The lowest BCUT2D eigenvalue weighted by molar-refractivity contribution is -0.200. The lowest BCUT2D eigenvalue weighted by Gasteiger charge is -2.59. The Labute approximate surface area is 182 Å². The van der Waals surface area contributed by atoms with Crippen LogP contribution >= 0.6 is 0 Å². The van der Waals surface area contributed by atoms with Crippen LogP contribution in [0.3, 0.4) is 0 Å². The molecule has 5 aliphatic rings. The largest absolute Gasteiger partial charge is 0.458 e.